The van der Waals surface area contributed by atoms with Crippen LogP contribution in [-0.4, -0.2) is 56.0 Å². The zero-order valence-corrected chi connectivity index (χ0v) is 20.0. The Balaban J connectivity index is 1.82. The van der Waals surface area contributed by atoms with Crippen molar-refractivity contribution in [3.63, 3.8) is 0 Å². The maximum atomic E-state index is 15.2. The van der Waals surface area contributed by atoms with Gasteiger partial charge in [0.05, 0.1) is 22.8 Å². The molecule has 2 aromatic heterocycles. The number of nitrogens with two attached hydrogens (primary N) is 1. The van der Waals surface area contributed by atoms with Crippen molar-refractivity contribution in [2.45, 2.75) is 45.0 Å². The standard InChI is InChI=1S/C21H20Cl2FN5O6/c1-9(30)33-8-15-16(24)17(34-10(2)31)19(35-15)29-18-14(6-26-20(25)27-18)28(21(29)32)7-11-3-4-12(22)13(23)5-11/h3-6,15-17,19H,7-8H2,1-2H3,(H2,25,26,27)/t15-,16-,17-,19-/m1/s1. The van der Waals surface area contributed by atoms with Gasteiger partial charge in [0.2, 0.25) is 5.95 Å². The molecule has 186 valence electrons. The molecule has 2 N–H and O–H groups in total. The minimum atomic E-state index is -1.90. The van der Waals surface area contributed by atoms with E-state index in [-0.39, 0.29) is 23.7 Å². The number of nitrogens with zero attached hydrogens (tertiary/aromatic N) is 4. The lowest BCUT2D eigenvalue weighted by Crippen LogP contribution is -2.37. The van der Waals surface area contributed by atoms with Gasteiger partial charge in [-0.1, -0.05) is 29.3 Å². The fraction of sp³-hybridized carbons (Fsp3) is 0.381. The predicted molar refractivity (Wildman–Crippen MR) is 123 cm³/mol. The van der Waals surface area contributed by atoms with E-state index in [1.54, 1.807) is 18.2 Å². The smallest absolute Gasteiger partial charge is 0.332 e. The molecule has 11 nitrogen and oxygen atoms in total. The van der Waals surface area contributed by atoms with Crippen molar-refractivity contribution in [2.24, 2.45) is 0 Å². The second-order valence-electron chi connectivity index (χ2n) is 7.81. The van der Waals surface area contributed by atoms with Gasteiger partial charge in [-0.15, -0.1) is 0 Å². The van der Waals surface area contributed by atoms with Gasteiger partial charge in [-0.25, -0.2) is 18.7 Å². The van der Waals surface area contributed by atoms with Crippen LogP contribution in [0.2, 0.25) is 10.0 Å². The number of anilines is 1. The van der Waals surface area contributed by atoms with E-state index in [9.17, 15) is 14.4 Å². The third kappa shape index (κ3) is 4.95. The Bertz CT molecular complexity index is 1360. The predicted octanol–water partition coefficient (Wildman–Crippen LogP) is 2.26. The molecule has 1 aliphatic heterocycles. The fourth-order valence-electron chi connectivity index (χ4n) is 3.83. The van der Waals surface area contributed by atoms with Gasteiger partial charge in [0.1, 0.15) is 18.2 Å². The lowest BCUT2D eigenvalue weighted by atomic mass is 10.1. The summed E-state index contributed by atoms with van der Waals surface area (Å²) in [6.07, 6.45) is -4.80. The largest absolute Gasteiger partial charge is 0.463 e. The molecule has 1 aliphatic rings. The van der Waals surface area contributed by atoms with E-state index in [2.05, 4.69) is 9.97 Å². The Kier molecular flexibility index (Phi) is 6.97. The number of hydrogen-bond donors (Lipinski definition) is 1. The van der Waals surface area contributed by atoms with Crippen LogP contribution in [0.4, 0.5) is 10.3 Å². The van der Waals surface area contributed by atoms with E-state index in [0.29, 0.717) is 15.6 Å². The molecule has 4 rings (SSSR count). The van der Waals surface area contributed by atoms with Crippen LogP contribution in [0.15, 0.2) is 29.2 Å². The van der Waals surface area contributed by atoms with Crippen molar-refractivity contribution < 1.29 is 28.2 Å². The third-order valence-electron chi connectivity index (χ3n) is 5.32. The SMILES string of the molecule is CC(=O)OC[C@H]1O[C@@H](n2c(=O)n(Cc3ccc(Cl)c(Cl)c3)c3cnc(N)nc32)[C@H](OC(C)=O)[C@@H]1F. The molecule has 14 heteroatoms. The number of nitrogen functional groups attached to an aromatic ring is 1. The minimum absolute atomic E-state index is 0.0325. The lowest BCUT2D eigenvalue weighted by molar-refractivity contribution is -0.154. The molecule has 0 aliphatic carbocycles. The average Bonchev–Trinajstić information content (AvgIpc) is 3.22. The molecule has 3 aromatic rings. The van der Waals surface area contributed by atoms with Gasteiger partial charge in [-0.3, -0.25) is 14.2 Å². The highest BCUT2D eigenvalue weighted by Crippen LogP contribution is 2.35. The van der Waals surface area contributed by atoms with Crippen molar-refractivity contribution in [3.8, 4) is 0 Å². The number of benzene rings is 1. The van der Waals surface area contributed by atoms with Crippen LogP contribution >= 0.6 is 23.2 Å². The highest BCUT2D eigenvalue weighted by molar-refractivity contribution is 6.42. The number of carbonyl (C=O) groups excluding carboxylic acids is 2. The maximum Gasteiger partial charge on any atom is 0.332 e. The van der Waals surface area contributed by atoms with Crippen molar-refractivity contribution in [3.05, 3.63) is 50.5 Å². The monoisotopic (exact) mass is 527 g/mol. The van der Waals surface area contributed by atoms with Crippen LogP contribution in [0, 0.1) is 0 Å². The highest BCUT2D eigenvalue weighted by Gasteiger charge is 2.50. The highest BCUT2D eigenvalue weighted by atomic mass is 35.5. The van der Waals surface area contributed by atoms with Gasteiger partial charge >= 0.3 is 17.6 Å². The summed E-state index contributed by atoms with van der Waals surface area (Å²) in [4.78, 5) is 44.6. The molecule has 35 heavy (non-hydrogen) atoms. The number of hydrogen-bond acceptors (Lipinski definition) is 9. The maximum absolute atomic E-state index is 15.2. The molecular weight excluding hydrogens is 508 g/mol. The zero-order chi connectivity index (χ0) is 25.4. The van der Waals surface area contributed by atoms with Gasteiger partial charge < -0.3 is 19.9 Å². The molecule has 1 aromatic carbocycles. The molecule has 4 atom stereocenters. The fourth-order valence-corrected chi connectivity index (χ4v) is 4.15. The quantitative estimate of drug-likeness (QED) is 0.477. The van der Waals surface area contributed by atoms with Crippen LogP contribution in [0.25, 0.3) is 11.2 Å². The van der Waals surface area contributed by atoms with E-state index in [0.717, 1.165) is 18.4 Å². The van der Waals surface area contributed by atoms with Gasteiger partial charge in [-0.05, 0) is 17.7 Å². The number of halogens is 3. The first kappa shape index (κ1) is 24.9. The van der Waals surface area contributed by atoms with E-state index in [4.69, 9.17) is 43.1 Å². The second-order valence-corrected chi connectivity index (χ2v) is 8.62. The number of esters is 2. The summed E-state index contributed by atoms with van der Waals surface area (Å²) in [5.41, 5.74) is 6.03. The van der Waals surface area contributed by atoms with E-state index >= 15 is 4.39 Å². The Morgan fingerprint density at radius 2 is 1.97 bits per heavy atom. The minimum Gasteiger partial charge on any atom is -0.463 e. The number of ether oxygens (including phenoxy) is 3. The summed E-state index contributed by atoms with van der Waals surface area (Å²) in [5.74, 6) is -1.58. The molecule has 0 unspecified atom stereocenters. The van der Waals surface area contributed by atoms with Gasteiger partial charge in [0, 0.05) is 13.8 Å². The lowest BCUT2D eigenvalue weighted by Gasteiger charge is -2.19. The molecule has 0 saturated carbocycles. The van der Waals surface area contributed by atoms with Crippen molar-refractivity contribution in [1.82, 2.24) is 19.1 Å². The van der Waals surface area contributed by atoms with Crippen LogP contribution in [-0.2, 0) is 30.3 Å². The Morgan fingerprint density at radius 1 is 1.23 bits per heavy atom. The first-order valence-electron chi connectivity index (χ1n) is 10.3. The number of alkyl halides is 1. The summed E-state index contributed by atoms with van der Waals surface area (Å²) >= 11 is 12.1. The van der Waals surface area contributed by atoms with E-state index < -0.39 is 48.8 Å². The summed E-state index contributed by atoms with van der Waals surface area (Å²) in [5, 5.41) is 0.641. The number of fused-ring (bicyclic) bond motifs is 1. The number of carbonyl (C=O) groups is 2. The molecule has 1 saturated heterocycles. The molecular formula is C21H20Cl2FN5O6. The normalized spacial score (nSPS) is 21.9. The summed E-state index contributed by atoms with van der Waals surface area (Å²) in [6.45, 7) is 1.84. The molecule has 0 amide bonds. The number of imidazole rings is 1. The Labute approximate surface area is 207 Å². The third-order valence-corrected chi connectivity index (χ3v) is 6.06. The molecule has 1 fully saturated rings. The van der Waals surface area contributed by atoms with Crippen molar-refractivity contribution in [1.29, 1.82) is 0 Å². The van der Waals surface area contributed by atoms with Crippen LogP contribution in [0.3, 0.4) is 0 Å². The second kappa shape index (κ2) is 9.80. The topological polar surface area (TPSA) is 141 Å². The molecule has 0 bridgehead atoms. The number of rotatable bonds is 6. The molecule has 3 heterocycles. The summed E-state index contributed by atoms with van der Waals surface area (Å²) < 4.78 is 33.4. The van der Waals surface area contributed by atoms with Gasteiger partial charge in [0.25, 0.3) is 0 Å². The summed E-state index contributed by atoms with van der Waals surface area (Å²) in [7, 11) is 0. The van der Waals surface area contributed by atoms with Crippen molar-refractivity contribution >= 4 is 52.3 Å². The zero-order valence-electron chi connectivity index (χ0n) is 18.5. The van der Waals surface area contributed by atoms with E-state index in [1.807, 2.05) is 0 Å². The first-order chi connectivity index (χ1) is 16.6. The van der Waals surface area contributed by atoms with Crippen LogP contribution in [0.1, 0.15) is 25.6 Å². The Morgan fingerprint density at radius 3 is 2.63 bits per heavy atom. The molecule has 0 radical (unpaired) electrons. The Hall–Kier alpha value is -3.22. The van der Waals surface area contributed by atoms with Crippen LogP contribution in [0.5, 0.6) is 0 Å². The van der Waals surface area contributed by atoms with Crippen LogP contribution < -0.4 is 11.4 Å². The summed E-state index contributed by atoms with van der Waals surface area (Å²) in [6, 6.07) is 4.86. The molecule has 0 spiro atoms. The van der Waals surface area contributed by atoms with Gasteiger partial charge in [-0.2, -0.15) is 4.98 Å². The average molecular weight is 528 g/mol. The van der Waals surface area contributed by atoms with Crippen molar-refractivity contribution in [2.75, 3.05) is 12.3 Å². The van der Waals surface area contributed by atoms with Gasteiger partial charge in [0.15, 0.2) is 24.2 Å². The first-order valence-corrected chi connectivity index (χ1v) is 11.1. The van der Waals surface area contributed by atoms with E-state index in [1.165, 1.54) is 10.8 Å². The number of aromatic nitrogens is 4.